The maximum Gasteiger partial charge on any atom is 0.306 e. The summed E-state index contributed by atoms with van der Waals surface area (Å²) in [7, 11) is 1.60. The van der Waals surface area contributed by atoms with Crippen LogP contribution in [-0.2, 0) is 25.5 Å². The predicted molar refractivity (Wildman–Crippen MR) is 147 cm³/mol. The van der Waals surface area contributed by atoms with E-state index in [1.165, 1.54) is 0 Å². The van der Waals surface area contributed by atoms with E-state index in [9.17, 15) is 14.7 Å². The molecule has 40 heavy (non-hydrogen) atoms. The number of carbonyl (C=O) groups excluding carboxylic acids is 1. The largest absolute Gasteiger partial charge is 0.481 e. The second kappa shape index (κ2) is 12.3. The summed E-state index contributed by atoms with van der Waals surface area (Å²) < 4.78 is 32.8. The lowest BCUT2D eigenvalue weighted by molar-refractivity contribution is -0.144. The lowest BCUT2D eigenvalue weighted by Gasteiger charge is -2.32. The van der Waals surface area contributed by atoms with E-state index >= 15 is 4.39 Å². The average Bonchev–Trinajstić information content (AvgIpc) is 3.55. The van der Waals surface area contributed by atoms with Crippen molar-refractivity contribution < 1.29 is 33.0 Å². The minimum absolute atomic E-state index is 0.00749. The molecule has 2 N–H and O–H groups in total. The van der Waals surface area contributed by atoms with Crippen molar-refractivity contribution in [3.63, 3.8) is 0 Å². The lowest BCUT2D eigenvalue weighted by atomic mass is 9.87. The van der Waals surface area contributed by atoms with E-state index in [-0.39, 0.29) is 53.6 Å². The number of carbonyl (C=O) groups is 2. The highest BCUT2D eigenvalue weighted by molar-refractivity contribution is 5.83. The summed E-state index contributed by atoms with van der Waals surface area (Å²) >= 11 is 0. The highest BCUT2D eigenvalue weighted by Crippen LogP contribution is 2.31. The van der Waals surface area contributed by atoms with Crippen LogP contribution in [0.2, 0.25) is 0 Å². The number of likely N-dealkylation sites (tertiary alicyclic amines) is 1. The number of aryl methyl sites for hydroxylation is 1. The first-order valence-electron chi connectivity index (χ1n) is 13.9. The summed E-state index contributed by atoms with van der Waals surface area (Å²) in [6.45, 7) is 2.71. The number of rotatable bonds is 10. The molecule has 2 fully saturated rings. The Kier molecular flexibility index (Phi) is 8.66. The number of nitrogens with zero attached hydrogens (tertiary/aromatic N) is 2. The number of halogens is 1. The molecule has 5 rings (SSSR count). The van der Waals surface area contributed by atoms with Gasteiger partial charge in [0.2, 0.25) is 5.91 Å². The molecular weight excluding hydrogens is 517 g/mol. The van der Waals surface area contributed by atoms with Crippen LogP contribution in [0, 0.1) is 18.7 Å². The molecule has 3 aromatic rings. The van der Waals surface area contributed by atoms with Gasteiger partial charge in [0.25, 0.3) is 6.01 Å². The fourth-order valence-corrected chi connectivity index (χ4v) is 5.88. The minimum atomic E-state index is -0.747. The fourth-order valence-electron chi connectivity index (χ4n) is 5.88. The van der Waals surface area contributed by atoms with Gasteiger partial charge in [-0.25, -0.2) is 4.39 Å². The lowest BCUT2D eigenvalue weighted by Crippen LogP contribution is -2.46. The van der Waals surface area contributed by atoms with Crippen molar-refractivity contribution in [3.8, 4) is 0 Å². The number of hydrogen-bond acceptors (Lipinski definition) is 7. The van der Waals surface area contributed by atoms with Crippen molar-refractivity contribution in [1.82, 2.24) is 9.88 Å². The highest BCUT2D eigenvalue weighted by atomic mass is 19.1. The van der Waals surface area contributed by atoms with Gasteiger partial charge in [-0.1, -0.05) is 24.3 Å². The van der Waals surface area contributed by atoms with Gasteiger partial charge in [-0.05, 0) is 63.1 Å². The number of ether oxygens (including phenoxy) is 2. The van der Waals surface area contributed by atoms with E-state index < -0.39 is 11.8 Å². The molecule has 1 saturated carbocycles. The third-order valence-corrected chi connectivity index (χ3v) is 8.12. The molecule has 1 saturated heterocycles. The van der Waals surface area contributed by atoms with Gasteiger partial charge in [-0.15, -0.1) is 0 Å². The average molecular weight is 554 g/mol. The van der Waals surface area contributed by atoms with Crippen LogP contribution in [0.1, 0.15) is 49.7 Å². The molecule has 2 atom stereocenters. The zero-order valence-electron chi connectivity index (χ0n) is 22.9. The topological polar surface area (TPSA) is 114 Å². The Labute approximate surface area is 232 Å². The normalized spacial score (nSPS) is 23.0. The van der Waals surface area contributed by atoms with E-state index in [0.29, 0.717) is 44.4 Å². The van der Waals surface area contributed by atoms with Crippen LogP contribution < -0.4 is 5.32 Å². The number of benzene rings is 2. The number of para-hydroxylation sites is 1. The maximum absolute atomic E-state index is 15.5. The van der Waals surface area contributed by atoms with Crippen molar-refractivity contribution in [2.24, 2.45) is 5.92 Å². The zero-order chi connectivity index (χ0) is 28.2. The molecule has 2 aliphatic rings. The number of methoxy groups -OCH3 is 1. The second-order valence-corrected chi connectivity index (χ2v) is 10.8. The standard InChI is InChI=1S/C30H36FN3O6/c1-18-5-3-4-6-24(18)32-30-33-25-14-9-20(27(31)28(25)40-30)15-26(35)34-21(16-38-2)10-11-22(34)17-39-23-12-7-19(8-13-23)29(36)37/h3-6,9,14,19,21-23H,7-8,10-13,15-17H2,1-2H3,(H,32,33)(H,36,37)/t19?,21-,22-,23?/m0/s1. The number of amides is 1. The molecule has 9 nitrogen and oxygen atoms in total. The first kappa shape index (κ1) is 28.0. The van der Waals surface area contributed by atoms with Gasteiger partial charge in [0.1, 0.15) is 5.52 Å². The molecule has 0 bridgehead atoms. The van der Waals surface area contributed by atoms with E-state index in [1.54, 1.807) is 24.1 Å². The zero-order valence-corrected chi connectivity index (χ0v) is 22.9. The molecule has 0 radical (unpaired) electrons. The Morgan fingerprint density at radius 1 is 1.07 bits per heavy atom. The van der Waals surface area contributed by atoms with Crippen LogP contribution in [0.3, 0.4) is 0 Å². The van der Waals surface area contributed by atoms with Crippen molar-refractivity contribution in [1.29, 1.82) is 0 Å². The molecule has 10 heteroatoms. The molecule has 1 amide bonds. The van der Waals surface area contributed by atoms with Crippen LogP contribution in [0.4, 0.5) is 16.1 Å². The summed E-state index contributed by atoms with van der Waals surface area (Å²) in [5, 5.41) is 12.3. The van der Waals surface area contributed by atoms with Gasteiger partial charge >= 0.3 is 5.97 Å². The summed E-state index contributed by atoms with van der Waals surface area (Å²) in [5.74, 6) is -1.84. The molecule has 2 heterocycles. The number of hydrogen-bond donors (Lipinski definition) is 2. The number of carboxylic acid groups (broad SMARTS) is 1. The molecular formula is C30H36FN3O6. The van der Waals surface area contributed by atoms with E-state index in [4.69, 9.17) is 13.9 Å². The molecule has 0 unspecified atom stereocenters. The highest BCUT2D eigenvalue weighted by Gasteiger charge is 2.38. The first-order valence-corrected chi connectivity index (χ1v) is 13.9. The summed E-state index contributed by atoms with van der Waals surface area (Å²) in [4.78, 5) is 31.0. The van der Waals surface area contributed by atoms with Gasteiger partial charge in [-0.2, -0.15) is 4.98 Å². The Morgan fingerprint density at radius 2 is 1.80 bits per heavy atom. The van der Waals surface area contributed by atoms with Gasteiger partial charge in [-0.3, -0.25) is 9.59 Å². The van der Waals surface area contributed by atoms with Crippen LogP contribution in [0.15, 0.2) is 40.8 Å². The van der Waals surface area contributed by atoms with Gasteiger partial charge in [0, 0.05) is 18.4 Å². The summed E-state index contributed by atoms with van der Waals surface area (Å²) in [6.07, 6.45) is 4.01. The van der Waals surface area contributed by atoms with E-state index in [2.05, 4.69) is 10.3 Å². The van der Waals surface area contributed by atoms with Gasteiger partial charge in [0.05, 0.1) is 43.7 Å². The molecule has 1 aliphatic carbocycles. The SMILES string of the molecule is COC[C@@H]1CC[C@@H](COC2CCC(C(=O)O)CC2)N1C(=O)Cc1ccc2nc(Nc3ccccc3C)oc2c1F. The molecule has 2 aromatic carbocycles. The number of aromatic nitrogens is 1. The quantitative estimate of drug-likeness (QED) is 0.351. The third kappa shape index (κ3) is 6.13. The van der Waals surface area contributed by atoms with E-state index in [1.807, 2.05) is 31.2 Å². The first-order chi connectivity index (χ1) is 19.3. The number of oxazole rings is 1. The number of fused-ring (bicyclic) bond motifs is 1. The van der Waals surface area contributed by atoms with Gasteiger partial charge in [0.15, 0.2) is 11.4 Å². The Hall–Kier alpha value is -3.50. The molecule has 1 aromatic heterocycles. The monoisotopic (exact) mass is 553 g/mol. The number of carboxylic acids is 1. The predicted octanol–water partition coefficient (Wildman–Crippen LogP) is 5.23. The Morgan fingerprint density at radius 3 is 2.50 bits per heavy atom. The van der Waals surface area contributed by atoms with Crippen molar-refractivity contribution in [3.05, 3.63) is 53.3 Å². The fraction of sp³-hybridized carbons (Fsp3) is 0.500. The number of anilines is 2. The smallest absolute Gasteiger partial charge is 0.306 e. The summed E-state index contributed by atoms with van der Waals surface area (Å²) in [6, 6.07) is 10.8. The van der Waals surface area contributed by atoms with Crippen molar-refractivity contribution in [2.75, 3.05) is 25.6 Å². The molecule has 0 spiro atoms. The minimum Gasteiger partial charge on any atom is -0.481 e. The van der Waals surface area contributed by atoms with Crippen molar-refractivity contribution >= 4 is 34.7 Å². The number of aliphatic carboxylic acids is 1. The maximum atomic E-state index is 15.5. The van der Waals surface area contributed by atoms with Crippen LogP contribution in [0.5, 0.6) is 0 Å². The van der Waals surface area contributed by atoms with E-state index in [0.717, 1.165) is 24.1 Å². The van der Waals surface area contributed by atoms with Crippen LogP contribution in [-0.4, -0.2) is 65.4 Å². The van der Waals surface area contributed by atoms with Gasteiger partial charge < -0.3 is 29.2 Å². The van der Waals surface area contributed by atoms with Crippen LogP contribution >= 0.6 is 0 Å². The second-order valence-electron chi connectivity index (χ2n) is 10.8. The Bertz CT molecular complexity index is 1350. The Balaban J connectivity index is 1.26. The number of nitrogens with one attached hydrogen (secondary N) is 1. The molecule has 214 valence electrons. The summed E-state index contributed by atoms with van der Waals surface area (Å²) in [5.41, 5.74) is 2.43. The third-order valence-electron chi connectivity index (χ3n) is 8.12. The molecule has 1 aliphatic heterocycles. The van der Waals surface area contributed by atoms with Crippen molar-refractivity contribution in [2.45, 2.75) is 70.1 Å². The van der Waals surface area contributed by atoms with Crippen LogP contribution in [0.25, 0.3) is 11.1 Å².